The van der Waals surface area contributed by atoms with Gasteiger partial charge >= 0.3 is 0 Å². The van der Waals surface area contributed by atoms with E-state index in [1.807, 2.05) is 0 Å². The number of fused-ring (bicyclic) bond motifs is 8. The third-order valence-electron chi connectivity index (χ3n) is 13.2. The molecule has 11 aromatic rings. The van der Waals surface area contributed by atoms with Crippen LogP contribution in [0.3, 0.4) is 0 Å². The Hall–Kier alpha value is -7.30. The molecule has 0 radical (unpaired) electrons. The molecule has 4 nitrogen and oxygen atoms in total. The van der Waals surface area contributed by atoms with Crippen LogP contribution in [-0.4, -0.2) is 0 Å². The first-order valence-electron chi connectivity index (χ1n) is 21.2. The van der Waals surface area contributed by atoms with Crippen LogP contribution in [-0.2, 0) is 0 Å². The minimum Gasteiger partial charge on any atom is -0.456 e. The van der Waals surface area contributed by atoms with Crippen molar-refractivity contribution >= 4 is 99.5 Å². The zero-order valence-corrected chi connectivity index (χ0v) is 35.6. The van der Waals surface area contributed by atoms with Crippen molar-refractivity contribution in [1.29, 1.82) is 0 Å². The van der Waals surface area contributed by atoms with E-state index in [1.54, 1.807) is 0 Å². The average Bonchev–Trinajstić information content (AvgIpc) is 3.80. The predicted octanol–water partition coefficient (Wildman–Crippen LogP) is 16.9. The summed E-state index contributed by atoms with van der Waals surface area (Å²) in [5.74, 6) is 0. The van der Waals surface area contributed by atoms with Gasteiger partial charge in [0.25, 0.3) is 0 Å². The monoisotopic (exact) mass is 790 g/mol. The average molecular weight is 791 g/mol. The van der Waals surface area contributed by atoms with Crippen LogP contribution in [0.5, 0.6) is 0 Å². The van der Waals surface area contributed by atoms with Crippen LogP contribution in [0.4, 0.5) is 34.1 Å². The molecule has 0 saturated carbocycles. The number of benzene rings is 9. The minimum absolute atomic E-state index is 0.833. The Morgan fingerprint density at radius 1 is 0.295 bits per heavy atom. The molecule has 0 saturated heterocycles. The van der Waals surface area contributed by atoms with E-state index < -0.39 is 0 Å². The summed E-state index contributed by atoms with van der Waals surface area (Å²) in [5, 5.41) is 9.08. The zero-order valence-electron chi connectivity index (χ0n) is 35.6. The van der Waals surface area contributed by atoms with Gasteiger partial charge in [0.15, 0.2) is 0 Å². The lowest BCUT2D eigenvalue weighted by atomic mass is 9.98. The number of anilines is 6. The van der Waals surface area contributed by atoms with Gasteiger partial charge in [0.05, 0.1) is 0 Å². The molecule has 0 N–H and O–H groups in total. The fraction of sp³-hybridized carbons (Fsp3) is 0.123. The van der Waals surface area contributed by atoms with Gasteiger partial charge in [-0.1, -0.05) is 48.5 Å². The van der Waals surface area contributed by atoms with E-state index in [0.717, 1.165) is 94.3 Å². The largest absolute Gasteiger partial charge is 0.456 e. The molecule has 0 atom stereocenters. The lowest BCUT2D eigenvalue weighted by Crippen LogP contribution is -2.10. The van der Waals surface area contributed by atoms with Gasteiger partial charge in [-0.3, -0.25) is 0 Å². The molecular weight excluding hydrogens is 745 g/mol. The van der Waals surface area contributed by atoms with Gasteiger partial charge in [0.2, 0.25) is 0 Å². The molecular formula is C57H46N2O2. The van der Waals surface area contributed by atoms with Gasteiger partial charge in [0.1, 0.15) is 22.3 Å². The van der Waals surface area contributed by atoms with E-state index in [2.05, 4.69) is 210 Å². The first kappa shape index (κ1) is 36.8. The fourth-order valence-corrected chi connectivity index (χ4v) is 9.52. The topological polar surface area (TPSA) is 32.8 Å². The second-order valence-electron chi connectivity index (χ2n) is 17.0. The first-order valence-corrected chi connectivity index (χ1v) is 21.2. The Bertz CT molecular complexity index is 3280. The molecule has 296 valence electrons. The van der Waals surface area contributed by atoms with E-state index in [-0.39, 0.29) is 0 Å². The van der Waals surface area contributed by atoms with Crippen molar-refractivity contribution in [3.05, 3.63) is 191 Å². The van der Waals surface area contributed by atoms with Gasteiger partial charge in [-0.2, -0.15) is 0 Å². The fourth-order valence-electron chi connectivity index (χ4n) is 9.52. The second kappa shape index (κ2) is 13.9. The summed E-state index contributed by atoms with van der Waals surface area (Å²) in [6.45, 7) is 15.4. The molecule has 2 heterocycles. The maximum Gasteiger partial charge on any atom is 0.139 e. The quantitative estimate of drug-likeness (QED) is 0.168. The summed E-state index contributed by atoms with van der Waals surface area (Å²) in [4.78, 5) is 4.70. The van der Waals surface area contributed by atoms with Crippen LogP contribution >= 0.6 is 0 Å². The van der Waals surface area contributed by atoms with Crippen molar-refractivity contribution in [2.24, 2.45) is 0 Å². The third-order valence-corrected chi connectivity index (χ3v) is 13.2. The van der Waals surface area contributed by atoms with E-state index in [1.165, 1.54) is 44.2 Å². The van der Waals surface area contributed by atoms with E-state index in [0.29, 0.717) is 0 Å². The van der Waals surface area contributed by atoms with Crippen LogP contribution in [0.25, 0.3) is 65.4 Å². The summed E-state index contributed by atoms with van der Waals surface area (Å²) in [6, 6.07) is 55.0. The highest BCUT2D eigenvalue weighted by Gasteiger charge is 2.21. The number of aryl methyl sites for hydroxylation is 5. The number of nitrogens with zero attached hydrogens (tertiary/aromatic N) is 2. The molecule has 9 aromatic carbocycles. The smallest absolute Gasteiger partial charge is 0.139 e. The Labute approximate surface area is 355 Å². The van der Waals surface area contributed by atoms with E-state index in [9.17, 15) is 0 Å². The maximum atomic E-state index is 6.71. The molecule has 11 rings (SSSR count). The lowest BCUT2D eigenvalue weighted by molar-refractivity contribution is 0.656. The summed E-state index contributed by atoms with van der Waals surface area (Å²) < 4.78 is 13.4. The van der Waals surface area contributed by atoms with Crippen molar-refractivity contribution in [2.75, 3.05) is 9.80 Å². The van der Waals surface area contributed by atoms with Crippen molar-refractivity contribution in [1.82, 2.24) is 0 Å². The SMILES string of the molecule is Cc1cc(N(c2ccccc2)c2ccc3cc4c(cc3c2)oc2cc3oc5cc6cc(N(c7ccccc7)c7cc(C)c(C)c(C)c7)ccc6cc5c3c(C)c24)cc(C)c1C. The number of hydrogen-bond acceptors (Lipinski definition) is 4. The lowest BCUT2D eigenvalue weighted by Gasteiger charge is -2.27. The molecule has 0 aliphatic rings. The van der Waals surface area contributed by atoms with Crippen molar-refractivity contribution in [3.63, 3.8) is 0 Å². The highest BCUT2D eigenvalue weighted by Crippen LogP contribution is 2.45. The molecule has 0 unspecified atom stereocenters. The molecule has 0 spiro atoms. The van der Waals surface area contributed by atoms with Gasteiger partial charge in [-0.05, 0) is 206 Å². The van der Waals surface area contributed by atoms with Crippen LogP contribution in [0.15, 0.2) is 160 Å². The maximum absolute atomic E-state index is 6.71. The third kappa shape index (κ3) is 5.96. The molecule has 0 bridgehead atoms. The van der Waals surface area contributed by atoms with Crippen molar-refractivity contribution in [2.45, 2.75) is 48.5 Å². The number of rotatable bonds is 6. The van der Waals surface area contributed by atoms with Crippen molar-refractivity contribution < 1.29 is 8.83 Å². The predicted molar refractivity (Wildman–Crippen MR) is 259 cm³/mol. The minimum atomic E-state index is 0.833. The summed E-state index contributed by atoms with van der Waals surface area (Å²) >= 11 is 0. The molecule has 0 aliphatic carbocycles. The number of hydrogen-bond donors (Lipinski definition) is 0. The zero-order chi connectivity index (χ0) is 41.7. The summed E-state index contributed by atoms with van der Waals surface area (Å²) in [6.07, 6.45) is 0. The van der Waals surface area contributed by atoms with E-state index >= 15 is 0 Å². The van der Waals surface area contributed by atoms with Gasteiger partial charge in [-0.25, -0.2) is 0 Å². The van der Waals surface area contributed by atoms with Gasteiger partial charge < -0.3 is 18.6 Å². The second-order valence-corrected chi connectivity index (χ2v) is 17.0. The number of furan rings is 2. The first-order chi connectivity index (χ1) is 29.6. The highest BCUT2D eigenvalue weighted by molar-refractivity contribution is 6.21. The highest BCUT2D eigenvalue weighted by atomic mass is 16.3. The molecule has 61 heavy (non-hydrogen) atoms. The van der Waals surface area contributed by atoms with Gasteiger partial charge in [-0.15, -0.1) is 0 Å². The Morgan fingerprint density at radius 3 is 1.08 bits per heavy atom. The van der Waals surface area contributed by atoms with Crippen LogP contribution in [0, 0.1) is 48.5 Å². The Morgan fingerprint density at radius 2 is 0.689 bits per heavy atom. The van der Waals surface area contributed by atoms with Gasteiger partial charge in [0, 0.05) is 61.7 Å². The Kier molecular flexibility index (Phi) is 8.37. The summed E-state index contributed by atoms with van der Waals surface area (Å²) in [7, 11) is 0. The van der Waals surface area contributed by atoms with Crippen LogP contribution in [0.2, 0.25) is 0 Å². The molecule has 4 heteroatoms. The van der Waals surface area contributed by atoms with Crippen LogP contribution < -0.4 is 9.80 Å². The number of para-hydroxylation sites is 2. The molecule has 2 aromatic heterocycles. The standard InChI is InChI=1S/C57H46N2O2/c1-33-22-48(23-34(2)37(33)5)58(44-14-10-8-11-15-44)46-20-18-40-28-50-52(30-42(40)26-46)60-54-32-55-57(39(7)56(50)54)51-29-41-19-21-47(27-43(41)31-53(51)61-55)59(45-16-12-9-13-17-45)49-24-35(3)38(6)36(4)25-49/h8-32H,1-7H3. The molecule has 0 fully saturated rings. The Balaban J connectivity index is 1.02. The van der Waals surface area contributed by atoms with Crippen LogP contribution in [0.1, 0.15) is 38.9 Å². The molecule has 0 amide bonds. The van der Waals surface area contributed by atoms with E-state index in [4.69, 9.17) is 8.83 Å². The molecule has 0 aliphatic heterocycles. The normalized spacial score (nSPS) is 11.9. The van der Waals surface area contributed by atoms with Crippen molar-refractivity contribution in [3.8, 4) is 0 Å². The summed E-state index contributed by atoms with van der Waals surface area (Å²) in [5.41, 5.74) is 19.1.